The summed E-state index contributed by atoms with van der Waals surface area (Å²) in [6.45, 7) is 0. The number of primary amides is 1. The summed E-state index contributed by atoms with van der Waals surface area (Å²) < 4.78 is 5.10. The first-order valence-electron chi connectivity index (χ1n) is 5.40. The average Bonchev–Trinajstić information content (AvgIpc) is 2.42. The summed E-state index contributed by atoms with van der Waals surface area (Å²) in [5.74, 6) is -0.925. The highest BCUT2D eigenvalue weighted by Crippen LogP contribution is 2.21. The molecule has 2 N–H and O–H groups in total. The Kier molecular flexibility index (Phi) is 4.22. The number of carbonyl (C=O) groups is 2. The Morgan fingerprint density at radius 2 is 1.75 bits per heavy atom. The van der Waals surface area contributed by atoms with Gasteiger partial charge in [-0.25, -0.2) is 9.78 Å². The third-order valence-electron chi connectivity index (χ3n) is 2.38. The molecule has 2 aromatic rings. The molecule has 0 fully saturated rings. The van der Waals surface area contributed by atoms with E-state index in [1.165, 1.54) is 36.5 Å². The van der Waals surface area contributed by atoms with E-state index < -0.39 is 11.9 Å². The highest BCUT2D eigenvalue weighted by molar-refractivity contribution is 6.41. The van der Waals surface area contributed by atoms with Crippen molar-refractivity contribution in [3.05, 3.63) is 57.8 Å². The molecular formula is C13H8Cl2N2O3. The normalized spacial score (nSPS) is 10.1. The maximum Gasteiger partial charge on any atom is 0.345 e. The maximum atomic E-state index is 11.8. The smallest absolute Gasteiger partial charge is 0.345 e. The predicted molar refractivity (Wildman–Crippen MR) is 74.2 cm³/mol. The van der Waals surface area contributed by atoms with Gasteiger partial charge in [0, 0.05) is 11.8 Å². The Morgan fingerprint density at radius 3 is 2.30 bits per heavy atom. The number of nitrogens with two attached hydrogens (primary N) is 1. The molecule has 0 radical (unpaired) electrons. The summed E-state index contributed by atoms with van der Waals surface area (Å²) in [7, 11) is 0. The maximum absolute atomic E-state index is 11.8. The summed E-state index contributed by atoms with van der Waals surface area (Å²) in [5.41, 5.74) is 5.59. The largest absolute Gasteiger partial charge is 0.423 e. The highest BCUT2D eigenvalue weighted by Gasteiger charge is 2.12. The van der Waals surface area contributed by atoms with Gasteiger partial charge in [0.25, 0.3) is 0 Å². The van der Waals surface area contributed by atoms with E-state index in [1.807, 2.05) is 0 Å². The zero-order valence-electron chi connectivity index (χ0n) is 9.97. The molecule has 0 bridgehead atoms. The molecule has 2 rings (SSSR count). The van der Waals surface area contributed by atoms with E-state index >= 15 is 0 Å². The van der Waals surface area contributed by atoms with E-state index in [-0.39, 0.29) is 21.5 Å². The molecule has 0 aliphatic carbocycles. The zero-order chi connectivity index (χ0) is 14.7. The number of hydrogen-bond acceptors (Lipinski definition) is 4. The van der Waals surface area contributed by atoms with Crippen LogP contribution in [-0.4, -0.2) is 16.9 Å². The first kappa shape index (κ1) is 14.3. The third kappa shape index (κ3) is 3.26. The number of amides is 1. The van der Waals surface area contributed by atoms with Gasteiger partial charge < -0.3 is 10.5 Å². The van der Waals surface area contributed by atoms with Crippen molar-refractivity contribution in [2.75, 3.05) is 0 Å². The van der Waals surface area contributed by atoms with Crippen molar-refractivity contribution in [1.82, 2.24) is 4.98 Å². The summed E-state index contributed by atoms with van der Waals surface area (Å²) in [6.07, 6.45) is 1.26. The van der Waals surface area contributed by atoms with Crippen molar-refractivity contribution in [2.24, 2.45) is 5.73 Å². The molecule has 1 heterocycles. The van der Waals surface area contributed by atoms with Gasteiger partial charge in [-0.3, -0.25) is 4.79 Å². The number of halogens is 2. The number of carbonyl (C=O) groups excluding carboxylic acids is 2. The number of ether oxygens (including phenoxy) is 1. The lowest BCUT2D eigenvalue weighted by Gasteiger charge is -2.05. The number of aromatic nitrogens is 1. The molecule has 102 valence electrons. The van der Waals surface area contributed by atoms with E-state index in [4.69, 9.17) is 33.7 Å². The second-order valence-electron chi connectivity index (χ2n) is 3.77. The highest BCUT2D eigenvalue weighted by atomic mass is 35.5. The monoisotopic (exact) mass is 310 g/mol. The van der Waals surface area contributed by atoms with Gasteiger partial charge in [0.1, 0.15) is 10.9 Å². The van der Waals surface area contributed by atoms with Gasteiger partial charge in [0.05, 0.1) is 10.6 Å². The molecule has 1 amide bonds. The molecule has 5 nitrogen and oxygen atoms in total. The fourth-order valence-corrected chi connectivity index (χ4v) is 1.66. The lowest BCUT2D eigenvalue weighted by molar-refractivity contribution is 0.0734. The third-order valence-corrected chi connectivity index (χ3v) is 3.07. The van der Waals surface area contributed by atoms with Gasteiger partial charge in [-0.05, 0) is 30.3 Å². The second kappa shape index (κ2) is 5.90. The lowest BCUT2D eigenvalue weighted by atomic mass is 10.2. The van der Waals surface area contributed by atoms with Crippen LogP contribution in [0.5, 0.6) is 5.75 Å². The first-order chi connectivity index (χ1) is 9.47. The van der Waals surface area contributed by atoms with Crippen molar-refractivity contribution >= 4 is 35.1 Å². The minimum absolute atomic E-state index is 0.106. The van der Waals surface area contributed by atoms with Crippen molar-refractivity contribution in [2.45, 2.75) is 0 Å². The van der Waals surface area contributed by atoms with E-state index in [0.717, 1.165) is 0 Å². The summed E-state index contributed by atoms with van der Waals surface area (Å²) in [4.78, 5) is 26.5. The SMILES string of the molecule is NC(=O)c1ccc(OC(=O)c2cnc(Cl)c(Cl)c2)cc1. The Labute approximate surface area is 124 Å². The van der Waals surface area contributed by atoms with Crippen molar-refractivity contribution in [3.8, 4) is 5.75 Å². The number of hydrogen-bond donors (Lipinski definition) is 1. The molecule has 0 atom stereocenters. The Balaban J connectivity index is 2.14. The fourth-order valence-electron chi connectivity index (χ4n) is 1.39. The van der Waals surface area contributed by atoms with Gasteiger partial charge >= 0.3 is 5.97 Å². The fraction of sp³-hybridized carbons (Fsp3) is 0. The van der Waals surface area contributed by atoms with Crippen molar-refractivity contribution in [1.29, 1.82) is 0 Å². The molecule has 1 aromatic carbocycles. The van der Waals surface area contributed by atoms with Crippen molar-refractivity contribution < 1.29 is 14.3 Å². The molecule has 0 aliphatic rings. The van der Waals surface area contributed by atoms with Crippen LogP contribution < -0.4 is 10.5 Å². The molecule has 0 unspecified atom stereocenters. The molecule has 0 saturated carbocycles. The summed E-state index contributed by atoms with van der Waals surface area (Å²) >= 11 is 11.4. The van der Waals surface area contributed by atoms with Gasteiger partial charge in [0.15, 0.2) is 0 Å². The van der Waals surface area contributed by atoms with E-state index in [2.05, 4.69) is 4.98 Å². The molecule has 0 aliphatic heterocycles. The Hall–Kier alpha value is -2.11. The van der Waals surface area contributed by atoms with E-state index in [9.17, 15) is 9.59 Å². The van der Waals surface area contributed by atoms with Crippen LogP contribution in [0.3, 0.4) is 0 Å². The topological polar surface area (TPSA) is 82.3 Å². The van der Waals surface area contributed by atoms with Crippen LogP contribution in [0.1, 0.15) is 20.7 Å². The van der Waals surface area contributed by atoms with Gasteiger partial charge in [0.2, 0.25) is 5.91 Å². The van der Waals surface area contributed by atoms with Crippen LogP contribution in [0, 0.1) is 0 Å². The molecule has 1 aromatic heterocycles. The van der Waals surface area contributed by atoms with Crippen LogP contribution in [0.4, 0.5) is 0 Å². The zero-order valence-corrected chi connectivity index (χ0v) is 11.5. The molecule has 0 spiro atoms. The standard InChI is InChI=1S/C13H8Cl2N2O3/c14-10-5-8(6-17-11(10)15)13(19)20-9-3-1-7(2-4-9)12(16)18/h1-6H,(H2,16,18). The van der Waals surface area contributed by atoms with Gasteiger partial charge in [-0.1, -0.05) is 23.2 Å². The lowest BCUT2D eigenvalue weighted by Crippen LogP contribution is -2.11. The first-order valence-corrected chi connectivity index (χ1v) is 6.16. The average molecular weight is 311 g/mol. The minimum Gasteiger partial charge on any atom is -0.423 e. The number of esters is 1. The van der Waals surface area contributed by atoms with Crippen molar-refractivity contribution in [3.63, 3.8) is 0 Å². The van der Waals surface area contributed by atoms with Gasteiger partial charge in [-0.2, -0.15) is 0 Å². The van der Waals surface area contributed by atoms with Crippen LogP contribution >= 0.6 is 23.2 Å². The van der Waals surface area contributed by atoms with Crippen LogP contribution in [0.15, 0.2) is 36.5 Å². The van der Waals surface area contributed by atoms with Crippen LogP contribution in [-0.2, 0) is 0 Å². The minimum atomic E-state index is -0.636. The quantitative estimate of drug-likeness (QED) is 0.537. The Bertz CT molecular complexity index is 672. The number of benzene rings is 1. The van der Waals surface area contributed by atoms with E-state index in [1.54, 1.807) is 0 Å². The number of nitrogens with zero attached hydrogens (tertiary/aromatic N) is 1. The molecule has 20 heavy (non-hydrogen) atoms. The number of rotatable bonds is 3. The summed E-state index contributed by atoms with van der Waals surface area (Å²) in [5, 5.41) is 0.263. The van der Waals surface area contributed by atoms with Crippen LogP contribution in [0.25, 0.3) is 0 Å². The second-order valence-corrected chi connectivity index (χ2v) is 4.54. The molecule has 0 saturated heterocycles. The van der Waals surface area contributed by atoms with Gasteiger partial charge in [-0.15, -0.1) is 0 Å². The molecular weight excluding hydrogens is 303 g/mol. The summed E-state index contributed by atoms with van der Waals surface area (Å²) in [6, 6.07) is 7.19. The molecule has 7 heteroatoms. The van der Waals surface area contributed by atoms with Crippen LogP contribution in [0.2, 0.25) is 10.2 Å². The number of pyridine rings is 1. The predicted octanol–water partition coefficient (Wildman–Crippen LogP) is 2.71. The Morgan fingerprint density at radius 1 is 1.10 bits per heavy atom. The van der Waals surface area contributed by atoms with E-state index in [0.29, 0.717) is 5.56 Å².